The average molecular weight is 259 g/mol. The molecule has 1 aromatic carbocycles. The predicted octanol–water partition coefficient (Wildman–Crippen LogP) is 3.56. The van der Waals surface area contributed by atoms with Crippen LogP contribution in [0.3, 0.4) is 0 Å². The number of Topliss-reactive ketones (excluding diaryl/α,β-unsaturated/α-hetero) is 1. The molecule has 3 heteroatoms. The smallest absolute Gasteiger partial charge is 0.200 e. The molecule has 2 rings (SSSR count). The summed E-state index contributed by atoms with van der Waals surface area (Å²) in [5, 5.41) is 0.625. The van der Waals surface area contributed by atoms with Crippen molar-refractivity contribution in [3.05, 3.63) is 45.7 Å². The Morgan fingerprint density at radius 1 is 1.26 bits per heavy atom. The fourth-order valence-corrected chi connectivity index (χ4v) is 2.02. The van der Waals surface area contributed by atoms with E-state index in [1.54, 1.807) is 6.20 Å². The standard InChI is InChI=1S/C14H15NO2.C2H6/c1-4-15-8-12(10(3)16)14(17)11-7-9(2)5-6-13(11)15;1-2/h5-8H,4H2,1-3H3;1-2H3. The summed E-state index contributed by atoms with van der Waals surface area (Å²) in [7, 11) is 0. The van der Waals surface area contributed by atoms with Gasteiger partial charge in [-0.15, -0.1) is 0 Å². The molecule has 0 aliphatic heterocycles. The predicted molar refractivity (Wildman–Crippen MR) is 80.0 cm³/mol. The normalized spacial score (nSPS) is 9.95. The minimum absolute atomic E-state index is 0.166. The summed E-state index contributed by atoms with van der Waals surface area (Å²) < 4.78 is 1.94. The Balaban J connectivity index is 0.000000861. The monoisotopic (exact) mass is 259 g/mol. The van der Waals surface area contributed by atoms with Gasteiger partial charge in [-0.05, 0) is 32.9 Å². The highest BCUT2D eigenvalue weighted by Gasteiger charge is 2.11. The average Bonchev–Trinajstić information content (AvgIpc) is 2.41. The van der Waals surface area contributed by atoms with Gasteiger partial charge in [0.15, 0.2) is 11.2 Å². The van der Waals surface area contributed by atoms with Crippen molar-refractivity contribution in [1.29, 1.82) is 0 Å². The minimum Gasteiger partial charge on any atom is -0.347 e. The third kappa shape index (κ3) is 2.92. The largest absolute Gasteiger partial charge is 0.347 e. The highest BCUT2D eigenvalue weighted by atomic mass is 16.1. The van der Waals surface area contributed by atoms with Crippen molar-refractivity contribution in [3.63, 3.8) is 0 Å². The zero-order valence-corrected chi connectivity index (χ0v) is 12.3. The fourth-order valence-electron chi connectivity index (χ4n) is 2.02. The lowest BCUT2D eigenvalue weighted by atomic mass is 10.1. The number of aromatic nitrogens is 1. The van der Waals surface area contributed by atoms with Gasteiger partial charge in [0.1, 0.15) is 0 Å². The van der Waals surface area contributed by atoms with Crippen LogP contribution < -0.4 is 5.43 Å². The highest BCUT2D eigenvalue weighted by Crippen LogP contribution is 2.14. The second kappa shape index (κ2) is 6.32. The van der Waals surface area contributed by atoms with E-state index in [4.69, 9.17) is 0 Å². The van der Waals surface area contributed by atoms with E-state index in [0.717, 1.165) is 17.6 Å². The van der Waals surface area contributed by atoms with Gasteiger partial charge in [0.25, 0.3) is 0 Å². The molecule has 0 bridgehead atoms. The number of carbonyl (C=O) groups excluding carboxylic acids is 1. The van der Waals surface area contributed by atoms with E-state index in [0.29, 0.717) is 5.39 Å². The maximum atomic E-state index is 12.2. The number of carbonyl (C=O) groups is 1. The molecule has 0 aliphatic carbocycles. The summed E-state index contributed by atoms with van der Waals surface area (Å²) in [6, 6.07) is 5.75. The van der Waals surface area contributed by atoms with Gasteiger partial charge in [0.2, 0.25) is 0 Å². The topological polar surface area (TPSA) is 39.1 Å². The molecule has 3 nitrogen and oxygen atoms in total. The molecule has 0 radical (unpaired) electrons. The van der Waals surface area contributed by atoms with Crippen molar-refractivity contribution in [2.75, 3.05) is 0 Å². The first-order valence-corrected chi connectivity index (χ1v) is 6.69. The molecular formula is C16H21NO2. The van der Waals surface area contributed by atoms with E-state index in [1.807, 2.05) is 50.5 Å². The zero-order chi connectivity index (χ0) is 14.6. The molecule has 0 atom stereocenters. The lowest BCUT2D eigenvalue weighted by Crippen LogP contribution is -2.17. The SMILES string of the molecule is CC.CCn1cc(C(C)=O)c(=O)c2cc(C)ccc21. The number of rotatable bonds is 2. The van der Waals surface area contributed by atoms with Gasteiger partial charge in [-0.3, -0.25) is 9.59 Å². The second-order valence-corrected chi connectivity index (χ2v) is 4.23. The van der Waals surface area contributed by atoms with Crippen LogP contribution in [0.2, 0.25) is 0 Å². The van der Waals surface area contributed by atoms with E-state index in [-0.39, 0.29) is 16.8 Å². The van der Waals surface area contributed by atoms with Crippen molar-refractivity contribution >= 4 is 16.7 Å². The second-order valence-electron chi connectivity index (χ2n) is 4.23. The molecule has 0 spiro atoms. The maximum Gasteiger partial charge on any atom is 0.200 e. The first kappa shape index (κ1) is 15.2. The minimum atomic E-state index is -0.180. The summed E-state index contributed by atoms with van der Waals surface area (Å²) in [5.74, 6) is -0.180. The van der Waals surface area contributed by atoms with Crippen molar-refractivity contribution in [1.82, 2.24) is 4.57 Å². The van der Waals surface area contributed by atoms with Crippen LogP contribution in [0.1, 0.15) is 43.6 Å². The number of pyridine rings is 1. The summed E-state index contributed by atoms with van der Waals surface area (Å²) in [6.07, 6.45) is 1.66. The number of aryl methyl sites for hydroxylation is 2. The van der Waals surface area contributed by atoms with Crippen molar-refractivity contribution in [2.45, 2.75) is 41.2 Å². The molecule has 0 amide bonds. The Morgan fingerprint density at radius 2 is 1.89 bits per heavy atom. The molecule has 102 valence electrons. The Kier molecular flexibility index (Phi) is 5.04. The van der Waals surface area contributed by atoms with Crippen LogP contribution in [0.5, 0.6) is 0 Å². The van der Waals surface area contributed by atoms with Crippen LogP contribution >= 0.6 is 0 Å². The van der Waals surface area contributed by atoms with Gasteiger partial charge >= 0.3 is 0 Å². The van der Waals surface area contributed by atoms with Gasteiger partial charge in [-0.2, -0.15) is 0 Å². The number of ketones is 1. The highest BCUT2D eigenvalue weighted by molar-refractivity contribution is 5.97. The number of fused-ring (bicyclic) bond motifs is 1. The first-order valence-electron chi connectivity index (χ1n) is 6.69. The van der Waals surface area contributed by atoms with Crippen molar-refractivity contribution in [2.24, 2.45) is 0 Å². The van der Waals surface area contributed by atoms with Gasteiger partial charge in [0, 0.05) is 18.1 Å². The summed E-state index contributed by atoms with van der Waals surface area (Å²) >= 11 is 0. The van der Waals surface area contributed by atoms with E-state index in [9.17, 15) is 9.59 Å². The van der Waals surface area contributed by atoms with Gasteiger partial charge in [-0.25, -0.2) is 0 Å². The summed E-state index contributed by atoms with van der Waals surface area (Å²) in [4.78, 5) is 23.6. The first-order chi connectivity index (χ1) is 9.04. The van der Waals surface area contributed by atoms with E-state index >= 15 is 0 Å². The van der Waals surface area contributed by atoms with Gasteiger partial charge in [-0.1, -0.05) is 25.5 Å². The quantitative estimate of drug-likeness (QED) is 0.773. The van der Waals surface area contributed by atoms with E-state index in [2.05, 4.69) is 0 Å². The van der Waals surface area contributed by atoms with Crippen molar-refractivity contribution in [3.8, 4) is 0 Å². The fraction of sp³-hybridized carbons (Fsp3) is 0.375. The van der Waals surface area contributed by atoms with Crippen LogP contribution in [-0.2, 0) is 6.54 Å². The molecule has 2 aromatic rings. The van der Waals surface area contributed by atoms with Crippen LogP contribution in [0.15, 0.2) is 29.2 Å². The Labute approximate surface area is 113 Å². The molecule has 1 aromatic heterocycles. The Bertz CT molecular complexity index is 654. The molecule has 19 heavy (non-hydrogen) atoms. The van der Waals surface area contributed by atoms with Crippen LogP contribution in [-0.4, -0.2) is 10.4 Å². The lowest BCUT2D eigenvalue weighted by Gasteiger charge is -2.10. The molecule has 0 fully saturated rings. The van der Waals surface area contributed by atoms with E-state index in [1.165, 1.54) is 6.92 Å². The summed E-state index contributed by atoms with van der Waals surface area (Å²) in [6.45, 7) is 10.1. The van der Waals surface area contributed by atoms with Crippen molar-refractivity contribution < 1.29 is 4.79 Å². The molecule has 0 unspecified atom stereocenters. The molecule has 1 heterocycles. The third-order valence-electron chi connectivity index (χ3n) is 2.96. The number of benzene rings is 1. The number of nitrogens with zero attached hydrogens (tertiary/aromatic N) is 1. The maximum absolute atomic E-state index is 12.2. The lowest BCUT2D eigenvalue weighted by molar-refractivity contribution is 0.101. The van der Waals surface area contributed by atoms with Gasteiger partial charge < -0.3 is 4.57 Å². The van der Waals surface area contributed by atoms with Crippen LogP contribution in [0.25, 0.3) is 10.9 Å². The third-order valence-corrected chi connectivity index (χ3v) is 2.96. The Morgan fingerprint density at radius 3 is 2.42 bits per heavy atom. The molecular weight excluding hydrogens is 238 g/mol. The zero-order valence-electron chi connectivity index (χ0n) is 12.3. The van der Waals surface area contributed by atoms with Crippen LogP contribution in [0, 0.1) is 6.92 Å². The molecule has 0 saturated heterocycles. The van der Waals surface area contributed by atoms with Crippen LogP contribution in [0.4, 0.5) is 0 Å². The number of hydrogen-bond acceptors (Lipinski definition) is 2. The summed E-state index contributed by atoms with van der Waals surface area (Å²) in [5.41, 5.74) is 2.01. The molecule has 0 aliphatic rings. The number of hydrogen-bond donors (Lipinski definition) is 0. The Hall–Kier alpha value is -1.90. The van der Waals surface area contributed by atoms with E-state index < -0.39 is 0 Å². The van der Waals surface area contributed by atoms with Gasteiger partial charge in [0.05, 0.1) is 11.1 Å². The molecule has 0 saturated carbocycles. The molecule has 0 N–H and O–H groups in total.